The summed E-state index contributed by atoms with van der Waals surface area (Å²) >= 11 is 0. The molecule has 1 heterocycles. The molecule has 0 aliphatic carbocycles. The smallest absolute Gasteiger partial charge is 0.0804 e. The van der Waals surface area contributed by atoms with Crippen LogP contribution in [0.5, 0.6) is 0 Å². The second kappa shape index (κ2) is 7.90. The van der Waals surface area contributed by atoms with E-state index in [1.165, 1.54) is 11.1 Å². The summed E-state index contributed by atoms with van der Waals surface area (Å²) < 4.78 is 0. The van der Waals surface area contributed by atoms with E-state index in [-0.39, 0.29) is 12.7 Å². The molecule has 1 aromatic rings. The fraction of sp³-hybridized carbons (Fsp3) is 0.647. The Morgan fingerprint density at radius 3 is 2.24 bits per heavy atom. The molecule has 1 aliphatic rings. The van der Waals surface area contributed by atoms with Crippen molar-refractivity contribution in [3.8, 4) is 0 Å². The van der Waals surface area contributed by atoms with E-state index in [4.69, 9.17) is 5.11 Å². The summed E-state index contributed by atoms with van der Waals surface area (Å²) in [5.74, 6) is 0. The first-order valence-corrected chi connectivity index (χ1v) is 7.91. The first-order chi connectivity index (χ1) is 10.1. The minimum Gasteiger partial charge on any atom is -0.395 e. The molecule has 1 aliphatic heterocycles. The Labute approximate surface area is 128 Å². The number of benzene rings is 1. The first kappa shape index (κ1) is 16.4. The van der Waals surface area contributed by atoms with Gasteiger partial charge in [0.2, 0.25) is 0 Å². The summed E-state index contributed by atoms with van der Waals surface area (Å²) in [5, 5.41) is 19.3. The third kappa shape index (κ3) is 4.78. The van der Waals surface area contributed by atoms with Crippen molar-refractivity contribution in [3.05, 3.63) is 34.9 Å². The van der Waals surface area contributed by atoms with Gasteiger partial charge in [0, 0.05) is 39.3 Å². The van der Waals surface area contributed by atoms with Gasteiger partial charge in [-0.2, -0.15) is 0 Å². The van der Waals surface area contributed by atoms with E-state index in [2.05, 4.69) is 41.8 Å². The Hall–Kier alpha value is -0.940. The van der Waals surface area contributed by atoms with Crippen molar-refractivity contribution in [1.82, 2.24) is 9.80 Å². The number of aryl methyl sites for hydroxylation is 2. The lowest BCUT2D eigenvalue weighted by Crippen LogP contribution is -2.47. The van der Waals surface area contributed by atoms with Crippen LogP contribution >= 0.6 is 0 Å². The van der Waals surface area contributed by atoms with Gasteiger partial charge in [0.25, 0.3) is 0 Å². The van der Waals surface area contributed by atoms with Gasteiger partial charge < -0.3 is 15.1 Å². The third-order valence-corrected chi connectivity index (χ3v) is 4.38. The zero-order valence-electron chi connectivity index (χ0n) is 13.3. The van der Waals surface area contributed by atoms with Gasteiger partial charge in [0.15, 0.2) is 0 Å². The van der Waals surface area contributed by atoms with E-state index < -0.39 is 0 Å². The van der Waals surface area contributed by atoms with Gasteiger partial charge in [-0.1, -0.05) is 23.8 Å². The molecular weight excluding hydrogens is 264 g/mol. The van der Waals surface area contributed by atoms with Crippen LogP contribution in [0, 0.1) is 13.8 Å². The standard InChI is InChI=1S/C17H28N2O2/c1-14-3-4-16(15(2)13-14)17(21)5-6-18-7-9-19(10-8-18)11-12-20/h3-4,13,17,20-21H,5-12H2,1-2H3. The minimum absolute atomic E-state index is 0.241. The molecule has 2 N–H and O–H groups in total. The molecule has 1 atom stereocenters. The van der Waals surface area contributed by atoms with Crippen LogP contribution in [0.3, 0.4) is 0 Å². The molecule has 0 saturated carbocycles. The fourth-order valence-corrected chi connectivity index (χ4v) is 3.04. The lowest BCUT2D eigenvalue weighted by Gasteiger charge is -2.34. The number of β-amino-alcohol motifs (C(OH)–C–C–N with tert-alkyl or cyclic N) is 1. The lowest BCUT2D eigenvalue weighted by molar-refractivity contribution is 0.0922. The molecule has 1 fully saturated rings. The van der Waals surface area contributed by atoms with E-state index in [1.807, 2.05) is 0 Å². The molecule has 118 valence electrons. The number of hydrogen-bond acceptors (Lipinski definition) is 4. The Balaban J connectivity index is 1.78. The third-order valence-electron chi connectivity index (χ3n) is 4.38. The van der Waals surface area contributed by atoms with Gasteiger partial charge in [0.05, 0.1) is 12.7 Å². The maximum absolute atomic E-state index is 10.4. The summed E-state index contributed by atoms with van der Waals surface area (Å²) in [6.07, 6.45) is 0.408. The summed E-state index contributed by atoms with van der Waals surface area (Å²) in [6, 6.07) is 6.25. The van der Waals surface area contributed by atoms with Crippen LogP contribution in [-0.2, 0) is 0 Å². The normalized spacial score (nSPS) is 18.9. The van der Waals surface area contributed by atoms with Crippen molar-refractivity contribution >= 4 is 0 Å². The van der Waals surface area contributed by atoms with Crippen molar-refractivity contribution < 1.29 is 10.2 Å². The van der Waals surface area contributed by atoms with Gasteiger partial charge in [-0.05, 0) is 31.4 Å². The van der Waals surface area contributed by atoms with Gasteiger partial charge in [-0.3, -0.25) is 4.90 Å². The molecule has 1 unspecified atom stereocenters. The molecular formula is C17H28N2O2. The number of aliphatic hydroxyl groups is 2. The predicted molar refractivity (Wildman–Crippen MR) is 85.5 cm³/mol. The maximum Gasteiger partial charge on any atom is 0.0804 e. The van der Waals surface area contributed by atoms with Gasteiger partial charge >= 0.3 is 0 Å². The molecule has 1 saturated heterocycles. The minimum atomic E-state index is -0.374. The number of aliphatic hydroxyl groups excluding tert-OH is 2. The van der Waals surface area contributed by atoms with Crippen LogP contribution in [0.1, 0.15) is 29.2 Å². The van der Waals surface area contributed by atoms with Crippen LogP contribution in [0.4, 0.5) is 0 Å². The number of piperazine rings is 1. The van der Waals surface area contributed by atoms with E-state index in [0.717, 1.165) is 51.3 Å². The van der Waals surface area contributed by atoms with Crippen LogP contribution in [0.15, 0.2) is 18.2 Å². The van der Waals surface area contributed by atoms with Crippen LogP contribution in [-0.4, -0.2) is 65.9 Å². The van der Waals surface area contributed by atoms with E-state index in [9.17, 15) is 5.11 Å². The highest BCUT2D eigenvalue weighted by Crippen LogP contribution is 2.22. The quantitative estimate of drug-likeness (QED) is 0.830. The summed E-state index contributed by atoms with van der Waals surface area (Å²) in [4.78, 5) is 4.69. The topological polar surface area (TPSA) is 46.9 Å². The van der Waals surface area contributed by atoms with Gasteiger partial charge in [-0.25, -0.2) is 0 Å². The Bertz CT molecular complexity index is 442. The zero-order chi connectivity index (χ0) is 15.2. The molecule has 0 aromatic heterocycles. The maximum atomic E-state index is 10.4. The van der Waals surface area contributed by atoms with Crippen LogP contribution in [0.2, 0.25) is 0 Å². The SMILES string of the molecule is Cc1ccc(C(O)CCN2CCN(CCO)CC2)c(C)c1. The molecule has 21 heavy (non-hydrogen) atoms. The van der Waals surface area contributed by atoms with Crippen molar-refractivity contribution in [3.63, 3.8) is 0 Å². The molecule has 0 bridgehead atoms. The predicted octanol–water partition coefficient (Wildman–Crippen LogP) is 1.34. The van der Waals surface area contributed by atoms with E-state index in [1.54, 1.807) is 0 Å². The zero-order valence-corrected chi connectivity index (χ0v) is 13.3. The number of rotatable bonds is 6. The Kier molecular flexibility index (Phi) is 6.18. The molecule has 4 nitrogen and oxygen atoms in total. The molecule has 0 radical (unpaired) electrons. The Morgan fingerprint density at radius 2 is 1.67 bits per heavy atom. The highest BCUT2D eigenvalue weighted by atomic mass is 16.3. The first-order valence-electron chi connectivity index (χ1n) is 7.91. The summed E-state index contributed by atoms with van der Waals surface area (Å²) in [5.41, 5.74) is 3.47. The fourth-order valence-electron chi connectivity index (χ4n) is 3.04. The van der Waals surface area contributed by atoms with E-state index in [0.29, 0.717) is 0 Å². The van der Waals surface area contributed by atoms with Crippen molar-refractivity contribution in [1.29, 1.82) is 0 Å². The highest BCUT2D eigenvalue weighted by molar-refractivity contribution is 5.31. The van der Waals surface area contributed by atoms with Crippen LogP contribution in [0.25, 0.3) is 0 Å². The molecule has 4 heteroatoms. The molecule has 0 amide bonds. The molecule has 1 aromatic carbocycles. The second-order valence-corrected chi connectivity index (χ2v) is 6.07. The van der Waals surface area contributed by atoms with Crippen molar-refractivity contribution in [2.24, 2.45) is 0 Å². The van der Waals surface area contributed by atoms with Gasteiger partial charge in [-0.15, -0.1) is 0 Å². The lowest BCUT2D eigenvalue weighted by atomic mass is 9.99. The summed E-state index contributed by atoms with van der Waals surface area (Å²) in [6.45, 7) is 10.2. The average Bonchev–Trinajstić information content (AvgIpc) is 2.46. The van der Waals surface area contributed by atoms with E-state index >= 15 is 0 Å². The largest absolute Gasteiger partial charge is 0.395 e. The monoisotopic (exact) mass is 292 g/mol. The van der Waals surface area contributed by atoms with Gasteiger partial charge in [0.1, 0.15) is 0 Å². The van der Waals surface area contributed by atoms with Crippen LogP contribution < -0.4 is 0 Å². The second-order valence-electron chi connectivity index (χ2n) is 6.07. The molecule has 2 rings (SSSR count). The highest BCUT2D eigenvalue weighted by Gasteiger charge is 2.18. The summed E-state index contributed by atoms with van der Waals surface area (Å²) in [7, 11) is 0. The average molecular weight is 292 g/mol. The number of hydrogen-bond donors (Lipinski definition) is 2. The van der Waals surface area contributed by atoms with Crippen molar-refractivity contribution in [2.75, 3.05) is 45.9 Å². The Morgan fingerprint density at radius 1 is 1.05 bits per heavy atom. The number of nitrogens with zero attached hydrogens (tertiary/aromatic N) is 2. The molecule has 0 spiro atoms. The van der Waals surface area contributed by atoms with Crippen molar-refractivity contribution in [2.45, 2.75) is 26.4 Å².